The second-order valence-corrected chi connectivity index (χ2v) is 7.63. The summed E-state index contributed by atoms with van der Waals surface area (Å²) in [6.45, 7) is 4.83. The fourth-order valence-electron chi connectivity index (χ4n) is 3.66. The number of nitrogens with one attached hydrogen (secondary N) is 1. The molecule has 0 aliphatic carbocycles. The molecule has 2 aromatic rings. The number of anilines is 2. The molecule has 1 aromatic heterocycles. The summed E-state index contributed by atoms with van der Waals surface area (Å²) in [5.41, 5.74) is 2.03. The number of aromatic nitrogens is 2. The van der Waals surface area contributed by atoms with Crippen LogP contribution in [0.5, 0.6) is 0 Å². The Morgan fingerprint density at radius 2 is 1.79 bits per heavy atom. The predicted molar refractivity (Wildman–Crippen MR) is 111 cm³/mol. The molecule has 0 amide bonds. The zero-order valence-corrected chi connectivity index (χ0v) is 16.7. The number of rotatable bonds is 6. The van der Waals surface area contributed by atoms with E-state index in [4.69, 9.17) is 19.4 Å². The molecule has 7 heteroatoms. The molecule has 2 saturated heterocycles. The number of likely N-dealkylation sites (N-methyl/N-ethyl adjacent to an activating group) is 1. The van der Waals surface area contributed by atoms with Gasteiger partial charge in [0.25, 0.3) is 0 Å². The van der Waals surface area contributed by atoms with Gasteiger partial charge in [0.2, 0.25) is 5.95 Å². The van der Waals surface area contributed by atoms with E-state index >= 15 is 0 Å². The van der Waals surface area contributed by atoms with Crippen LogP contribution in [0.25, 0.3) is 11.3 Å². The van der Waals surface area contributed by atoms with E-state index in [2.05, 4.69) is 41.3 Å². The molecule has 1 aromatic carbocycles. The van der Waals surface area contributed by atoms with Crippen LogP contribution in [-0.4, -0.2) is 74.1 Å². The van der Waals surface area contributed by atoms with Gasteiger partial charge in [0.05, 0.1) is 18.9 Å². The van der Waals surface area contributed by atoms with E-state index in [9.17, 15) is 0 Å². The summed E-state index contributed by atoms with van der Waals surface area (Å²) in [6.07, 6.45) is 1.69. The zero-order chi connectivity index (χ0) is 19.4. The monoisotopic (exact) mass is 383 g/mol. The molecule has 2 aliphatic heterocycles. The smallest absolute Gasteiger partial charge is 0.227 e. The molecule has 7 nitrogen and oxygen atoms in total. The van der Waals surface area contributed by atoms with Crippen molar-refractivity contribution in [3.05, 3.63) is 36.4 Å². The fourth-order valence-corrected chi connectivity index (χ4v) is 3.66. The lowest BCUT2D eigenvalue weighted by molar-refractivity contribution is -0.169. The Balaban J connectivity index is 1.55. The molecule has 0 unspecified atom stereocenters. The SMILES string of the molecule is CN(C)CCNc1cc(-c2ccccc2)nc(N2CCC3(CC2)OCCO3)n1. The first-order chi connectivity index (χ1) is 13.6. The van der Waals surface area contributed by atoms with Crippen LogP contribution in [0, 0.1) is 0 Å². The maximum Gasteiger partial charge on any atom is 0.227 e. The largest absolute Gasteiger partial charge is 0.369 e. The van der Waals surface area contributed by atoms with Crippen LogP contribution in [-0.2, 0) is 9.47 Å². The molecule has 0 bridgehead atoms. The highest BCUT2D eigenvalue weighted by Gasteiger charge is 2.40. The van der Waals surface area contributed by atoms with E-state index in [1.165, 1.54) is 0 Å². The van der Waals surface area contributed by atoms with Gasteiger partial charge in [-0.15, -0.1) is 0 Å². The molecule has 2 aliphatic rings. The maximum atomic E-state index is 5.85. The van der Waals surface area contributed by atoms with Crippen LogP contribution in [0.1, 0.15) is 12.8 Å². The summed E-state index contributed by atoms with van der Waals surface area (Å²) in [5, 5.41) is 3.45. The number of nitrogens with zero attached hydrogens (tertiary/aromatic N) is 4. The molecule has 1 spiro atoms. The molecule has 1 N–H and O–H groups in total. The van der Waals surface area contributed by atoms with E-state index < -0.39 is 0 Å². The van der Waals surface area contributed by atoms with Gasteiger partial charge in [-0.2, -0.15) is 4.98 Å². The Hall–Kier alpha value is -2.22. The highest BCUT2D eigenvalue weighted by molar-refractivity contribution is 5.64. The minimum absolute atomic E-state index is 0.389. The molecule has 4 rings (SSSR count). The topological polar surface area (TPSA) is 62.8 Å². The van der Waals surface area contributed by atoms with Gasteiger partial charge in [-0.1, -0.05) is 30.3 Å². The van der Waals surface area contributed by atoms with Crippen LogP contribution >= 0.6 is 0 Å². The van der Waals surface area contributed by atoms with Crippen molar-refractivity contribution in [3.8, 4) is 11.3 Å². The molecular formula is C21H29N5O2. The van der Waals surface area contributed by atoms with Gasteiger partial charge >= 0.3 is 0 Å². The first-order valence-corrected chi connectivity index (χ1v) is 10.00. The van der Waals surface area contributed by atoms with E-state index in [1.54, 1.807) is 0 Å². The van der Waals surface area contributed by atoms with Gasteiger partial charge in [0, 0.05) is 50.7 Å². The number of piperidine rings is 1. The van der Waals surface area contributed by atoms with Crippen LogP contribution in [0.15, 0.2) is 36.4 Å². The average molecular weight is 383 g/mol. The lowest BCUT2D eigenvalue weighted by Crippen LogP contribution is -2.45. The summed E-state index contributed by atoms with van der Waals surface area (Å²) in [7, 11) is 4.14. The summed E-state index contributed by atoms with van der Waals surface area (Å²) in [4.78, 5) is 14.1. The third kappa shape index (κ3) is 4.43. The van der Waals surface area contributed by atoms with Crippen LogP contribution < -0.4 is 10.2 Å². The Bertz CT molecular complexity index is 768. The maximum absolute atomic E-state index is 5.85. The van der Waals surface area contributed by atoms with Gasteiger partial charge in [-0.25, -0.2) is 4.98 Å². The number of hydrogen-bond acceptors (Lipinski definition) is 7. The second kappa shape index (κ2) is 8.43. The molecule has 3 heterocycles. The summed E-state index contributed by atoms with van der Waals surface area (Å²) < 4.78 is 11.7. The first-order valence-electron chi connectivity index (χ1n) is 10.00. The normalized spacial score (nSPS) is 18.8. The molecule has 2 fully saturated rings. The van der Waals surface area contributed by atoms with Crippen molar-refractivity contribution in [2.24, 2.45) is 0 Å². The van der Waals surface area contributed by atoms with Crippen molar-refractivity contribution < 1.29 is 9.47 Å². The predicted octanol–water partition coefficient (Wildman–Crippen LogP) is 2.46. The van der Waals surface area contributed by atoms with E-state index in [-0.39, 0.29) is 5.79 Å². The van der Waals surface area contributed by atoms with Gasteiger partial charge in [0.1, 0.15) is 5.82 Å². The van der Waals surface area contributed by atoms with Crippen LogP contribution in [0.3, 0.4) is 0 Å². The van der Waals surface area contributed by atoms with Gasteiger partial charge in [0.15, 0.2) is 5.79 Å². The average Bonchev–Trinajstić information content (AvgIpc) is 3.17. The van der Waals surface area contributed by atoms with E-state index in [0.29, 0.717) is 13.2 Å². The molecule has 0 atom stereocenters. The number of benzene rings is 1. The van der Waals surface area contributed by atoms with Gasteiger partial charge < -0.3 is 24.6 Å². The van der Waals surface area contributed by atoms with Crippen molar-refractivity contribution in [1.82, 2.24) is 14.9 Å². The third-order valence-electron chi connectivity index (χ3n) is 5.27. The standard InChI is InChI=1S/C21H29N5O2/c1-25(2)13-10-22-19-16-18(17-6-4-3-5-7-17)23-20(24-19)26-11-8-21(9-12-26)27-14-15-28-21/h3-7,16H,8-15H2,1-2H3,(H,22,23,24). The van der Waals surface area contributed by atoms with Crippen molar-refractivity contribution >= 4 is 11.8 Å². The number of ether oxygens (including phenoxy) is 2. The zero-order valence-electron chi connectivity index (χ0n) is 16.7. The third-order valence-corrected chi connectivity index (χ3v) is 5.27. The summed E-state index contributed by atoms with van der Waals surface area (Å²) >= 11 is 0. The van der Waals surface area contributed by atoms with E-state index in [0.717, 1.165) is 62.0 Å². The van der Waals surface area contributed by atoms with Crippen LogP contribution in [0.2, 0.25) is 0 Å². The minimum atomic E-state index is -0.389. The van der Waals surface area contributed by atoms with Crippen LogP contribution in [0.4, 0.5) is 11.8 Å². The summed E-state index contributed by atoms with van der Waals surface area (Å²) in [5.74, 6) is 1.24. The molecule has 0 saturated carbocycles. The molecule has 0 radical (unpaired) electrons. The highest BCUT2D eigenvalue weighted by atomic mass is 16.7. The van der Waals surface area contributed by atoms with Crippen molar-refractivity contribution in [2.75, 3.05) is 63.7 Å². The Kier molecular flexibility index (Phi) is 5.75. The van der Waals surface area contributed by atoms with Crippen molar-refractivity contribution in [2.45, 2.75) is 18.6 Å². The first kappa shape index (κ1) is 19.1. The Labute approximate surface area is 166 Å². The molecular weight excluding hydrogens is 354 g/mol. The molecule has 150 valence electrons. The van der Waals surface area contributed by atoms with Crippen molar-refractivity contribution in [1.29, 1.82) is 0 Å². The quantitative estimate of drug-likeness (QED) is 0.822. The van der Waals surface area contributed by atoms with Gasteiger partial charge in [-0.05, 0) is 14.1 Å². The summed E-state index contributed by atoms with van der Waals surface area (Å²) in [6, 6.07) is 12.3. The fraction of sp³-hybridized carbons (Fsp3) is 0.524. The lowest BCUT2D eigenvalue weighted by Gasteiger charge is -2.37. The second-order valence-electron chi connectivity index (χ2n) is 7.63. The molecule has 28 heavy (non-hydrogen) atoms. The lowest BCUT2D eigenvalue weighted by atomic mass is 10.0. The van der Waals surface area contributed by atoms with Gasteiger partial charge in [-0.3, -0.25) is 0 Å². The van der Waals surface area contributed by atoms with Crippen molar-refractivity contribution in [3.63, 3.8) is 0 Å². The minimum Gasteiger partial charge on any atom is -0.369 e. The number of hydrogen-bond donors (Lipinski definition) is 1. The van der Waals surface area contributed by atoms with E-state index in [1.807, 2.05) is 24.3 Å². The highest BCUT2D eigenvalue weighted by Crippen LogP contribution is 2.33. The Morgan fingerprint density at radius 1 is 1.07 bits per heavy atom. The Morgan fingerprint density at radius 3 is 2.46 bits per heavy atom.